The molecule has 0 aromatic heterocycles. The number of nitrogens with one attached hydrogen (secondary N) is 1. The Morgan fingerprint density at radius 2 is 1.93 bits per heavy atom. The van der Waals surface area contributed by atoms with E-state index in [-0.39, 0.29) is 5.41 Å². The maximum absolute atomic E-state index is 3.39. The highest BCUT2D eigenvalue weighted by Gasteiger charge is 2.21. The van der Waals surface area contributed by atoms with Crippen LogP contribution in [0.1, 0.15) is 30.5 Å². The lowest BCUT2D eigenvalue weighted by Crippen LogP contribution is -2.32. The Kier molecular flexibility index (Phi) is 4.35. The fourth-order valence-electron chi connectivity index (χ4n) is 2.03. The normalized spacial score (nSPS) is 11.8. The molecule has 1 rings (SSSR count). The third-order valence-corrected chi connectivity index (χ3v) is 3.17. The van der Waals surface area contributed by atoms with E-state index in [4.69, 9.17) is 0 Å². The molecule has 0 saturated heterocycles. The monoisotopic (exact) mass is 269 g/mol. The molecule has 0 spiro atoms. The first kappa shape index (κ1) is 12.7. The summed E-state index contributed by atoms with van der Waals surface area (Å²) in [4.78, 5) is 0. The summed E-state index contributed by atoms with van der Waals surface area (Å²) in [5, 5.41) is 3.35. The highest BCUT2D eigenvalue weighted by molar-refractivity contribution is 9.09. The third kappa shape index (κ3) is 3.32. The van der Waals surface area contributed by atoms with Crippen LogP contribution in [-0.2, 0) is 5.41 Å². The van der Waals surface area contributed by atoms with Gasteiger partial charge in [0.2, 0.25) is 0 Å². The summed E-state index contributed by atoms with van der Waals surface area (Å²) in [5.74, 6) is 0. The van der Waals surface area contributed by atoms with E-state index in [0.717, 1.165) is 12.0 Å². The Hall–Kier alpha value is -0.340. The van der Waals surface area contributed by atoms with Gasteiger partial charge >= 0.3 is 0 Å². The predicted molar refractivity (Wildman–Crippen MR) is 70.7 cm³/mol. The molecule has 0 amide bonds. The molecule has 2 heteroatoms. The average Bonchev–Trinajstić information content (AvgIpc) is 2.14. The van der Waals surface area contributed by atoms with Gasteiger partial charge in [-0.2, -0.15) is 0 Å². The van der Waals surface area contributed by atoms with Gasteiger partial charge in [0.25, 0.3) is 0 Å². The molecular formula is C13H20BrN. The summed E-state index contributed by atoms with van der Waals surface area (Å²) < 4.78 is 0. The second-order valence-corrected chi connectivity index (χ2v) is 5.32. The minimum atomic E-state index is 0.186. The van der Waals surface area contributed by atoms with Crippen molar-refractivity contribution < 1.29 is 0 Å². The molecule has 1 aromatic rings. The van der Waals surface area contributed by atoms with Crippen molar-refractivity contribution in [2.75, 3.05) is 12.0 Å². The zero-order valence-corrected chi connectivity index (χ0v) is 11.6. The molecule has 0 heterocycles. The van der Waals surface area contributed by atoms with Crippen molar-refractivity contribution in [3.63, 3.8) is 0 Å². The summed E-state index contributed by atoms with van der Waals surface area (Å²) in [5.41, 5.74) is 5.19. The number of alkyl halides is 1. The van der Waals surface area contributed by atoms with Crippen molar-refractivity contribution in [3.8, 4) is 0 Å². The van der Waals surface area contributed by atoms with Crippen LogP contribution in [0, 0.1) is 13.8 Å². The van der Waals surface area contributed by atoms with Gasteiger partial charge in [-0.1, -0.05) is 53.5 Å². The molecule has 0 aliphatic carbocycles. The Balaban J connectivity index is 2.93. The third-order valence-electron chi connectivity index (χ3n) is 2.77. The average molecular weight is 270 g/mol. The number of hydrogen-bond acceptors (Lipinski definition) is 1. The van der Waals surface area contributed by atoms with Crippen LogP contribution < -0.4 is 5.32 Å². The number of benzene rings is 1. The molecular weight excluding hydrogens is 250 g/mol. The highest BCUT2D eigenvalue weighted by atomic mass is 79.9. The van der Waals surface area contributed by atoms with E-state index in [0.29, 0.717) is 0 Å². The standard InChI is InChI=1S/C13H20BrN/c1-10-5-6-12(11(2)7-10)13(3,4)8-15-9-14/h5-7,15H,8-9H2,1-4H3. The van der Waals surface area contributed by atoms with E-state index in [2.05, 4.69) is 67.1 Å². The van der Waals surface area contributed by atoms with Crippen LogP contribution in [0.15, 0.2) is 18.2 Å². The minimum absolute atomic E-state index is 0.186. The first-order chi connectivity index (χ1) is 6.97. The molecule has 0 aliphatic rings. The zero-order chi connectivity index (χ0) is 11.5. The Labute approximate surface area is 101 Å². The van der Waals surface area contributed by atoms with E-state index < -0.39 is 0 Å². The van der Waals surface area contributed by atoms with Gasteiger partial charge in [-0.15, -0.1) is 0 Å². The molecule has 0 aliphatic heterocycles. The van der Waals surface area contributed by atoms with Crippen LogP contribution in [0.25, 0.3) is 0 Å². The largest absolute Gasteiger partial charge is 0.306 e. The summed E-state index contributed by atoms with van der Waals surface area (Å²) in [6.07, 6.45) is 0. The Morgan fingerprint density at radius 1 is 1.27 bits per heavy atom. The lowest BCUT2D eigenvalue weighted by Gasteiger charge is -2.27. The van der Waals surface area contributed by atoms with E-state index >= 15 is 0 Å². The van der Waals surface area contributed by atoms with Crippen LogP contribution in [0.4, 0.5) is 0 Å². The van der Waals surface area contributed by atoms with Crippen LogP contribution in [0.3, 0.4) is 0 Å². The summed E-state index contributed by atoms with van der Waals surface area (Å²) in [6, 6.07) is 6.70. The van der Waals surface area contributed by atoms with Crippen molar-refractivity contribution in [1.82, 2.24) is 5.32 Å². The predicted octanol–water partition coefficient (Wildman–Crippen LogP) is 3.52. The van der Waals surface area contributed by atoms with Gasteiger partial charge in [0, 0.05) is 12.0 Å². The molecule has 0 bridgehead atoms. The van der Waals surface area contributed by atoms with Crippen molar-refractivity contribution in [1.29, 1.82) is 0 Å². The molecule has 1 N–H and O–H groups in total. The first-order valence-corrected chi connectivity index (χ1v) is 6.44. The lowest BCUT2D eigenvalue weighted by molar-refractivity contribution is 0.488. The quantitative estimate of drug-likeness (QED) is 0.652. The van der Waals surface area contributed by atoms with Gasteiger partial charge in [0.15, 0.2) is 0 Å². The second kappa shape index (κ2) is 5.13. The molecule has 15 heavy (non-hydrogen) atoms. The smallest absolute Gasteiger partial charge is 0.0517 e. The number of aryl methyl sites for hydroxylation is 2. The first-order valence-electron chi connectivity index (χ1n) is 5.32. The topological polar surface area (TPSA) is 12.0 Å². The molecule has 0 unspecified atom stereocenters. The maximum atomic E-state index is 3.39. The van der Waals surface area contributed by atoms with Crippen LogP contribution in [0.2, 0.25) is 0 Å². The van der Waals surface area contributed by atoms with Gasteiger partial charge in [-0.05, 0) is 25.0 Å². The second-order valence-electron chi connectivity index (χ2n) is 4.76. The van der Waals surface area contributed by atoms with Crippen LogP contribution >= 0.6 is 15.9 Å². The van der Waals surface area contributed by atoms with Gasteiger partial charge in [-0.25, -0.2) is 0 Å². The van der Waals surface area contributed by atoms with Crippen LogP contribution in [0.5, 0.6) is 0 Å². The molecule has 84 valence electrons. The molecule has 0 fully saturated rings. The van der Waals surface area contributed by atoms with Crippen molar-refractivity contribution >= 4 is 15.9 Å². The molecule has 0 atom stereocenters. The zero-order valence-electron chi connectivity index (χ0n) is 10.0. The van der Waals surface area contributed by atoms with E-state index in [1.807, 2.05) is 0 Å². The van der Waals surface area contributed by atoms with Gasteiger partial charge in [0.05, 0.1) is 5.45 Å². The van der Waals surface area contributed by atoms with E-state index in [1.54, 1.807) is 0 Å². The van der Waals surface area contributed by atoms with Crippen molar-refractivity contribution in [3.05, 3.63) is 34.9 Å². The minimum Gasteiger partial charge on any atom is -0.306 e. The van der Waals surface area contributed by atoms with Crippen LogP contribution in [-0.4, -0.2) is 12.0 Å². The van der Waals surface area contributed by atoms with Gasteiger partial charge in [-0.3, -0.25) is 0 Å². The molecule has 0 saturated carbocycles. The fourth-order valence-corrected chi connectivity index (χ4v) is 2.23. The van der Waals surface area contributed by atoms with Crippen molar-refractivity contribution in [2.45, 2.75) is 33.1 Å². The summed E-state index contributed by atoms with van der Waals surface area (Å²) in [6.45, 7) is 9.88. The summed E-state index contributed by atoms with van der Waals surface area (Å²) in [7, 11) is 0. The number of hydrogen-bond donors (Lipinski definition) is 1. The van der Waals surface area contributed by atoms with Gasteiger partial charge in [0.1, 0.15) is 0 Å². The Bertz CT molecular complexity index is 331. The van der Waals surface area contributed by atoms with Gasteiger partial charge < -0.3 is 5.32 Å². The molecule has 1 nitrogen and oxygen atoms in total. The fraction of sp³-hybridized carbons (Fsp3) is 0.538. The highest BCUT2D eigenvalue weighted by Crippen LogP contribution is 2.26. The number of halogens is 1. The Morgan fingerprint density at radius 3 is 2.47 bits per heavy atom. The van der Waals surface area contributed by atoms with E-state index in [9.17, 15) is 0 Å². The maximum Gasteiger partial charge on any atom is 0.0517 e. The molecule has 1 aromatic carbocycles. The molecule has 0 radical (unpaired) electrons. The van der Waals surface area contributed by atoms with E-state index in [1.165, 1.54) is 16.7 Å². The SMILES string of the molecule is Cc1ccc(C(C)(C)CNCBr)c(C)c1. The lowest BCUT2D eigenvalue weighted by atomic mass is 9.81. The number of rotatable bonds is 4. The van der Waals surface area contributed by atoms with Crippen molar-refractivity contribution in [2.24, 2.45) is 0 Å². The summed E-state index contributed by atoms with van der Waals surface area (Å²) >= 11 is 3.39.